The molecule has 0 aromatic heterocycles. The van der Waals surface area contributed by atoms with Gasteiger partial charge in [0.1, 0.15) is 12.1 Å². The highest BCUT2D eigenvalue weighted by Crippen LogP contribution is 2.14. The van der Waals surface area contributed by atoms with Crippen LogP contribution in [0.4, 0.5) is 0 Å². The molecule has 0 aliphatic carbocycles. The molecule has 1 aliphatic heterocycles. The monoisotopic (exact) mass is 232 g/mol. The van der Waals surface area contributed by atoms with Crippen LogP contribution in [0.25, 0.3) is 0 Å². The van der Waals surface area contributed by atoms with E-state index in [1.54, 1.807) is 18.7 Å². The summed E-state index contributed by atoms with van der Waals surface area (Å²) in [5, 5.41) is 2.66. The minimum atomic E-state index is -0.428. The molecule has 2 amide bonds. The van der Waals surface area contributed by atoms with Crippen LogP contribution < -0.4 is 5.32 Å². The quantitative estimate of drug-likeness (QED) is 0.824. The van der Waals surface area contributed by atoms with Crippen molar-refractivity contribution in [1.29, 1.82) is 0 Å². The van der Waals surface area contributed by atoms with Crippen molar-refractivity contribution >= 4 is 11.8 Å². The van der Waals surface area contributed by atoms with Gasteiger partial charge in [0.05, 0.1) is 0 Å². The van der Waals surface area contributed by atoms with Crippen molar-refractivity contribution in [3.63, 3.8) is 0 Å². The van der Waals surface area contributed by atoms with E-state index in [2.05, 4.69) is 5.32 Å². The fourth-order valence-corrected chi connectivity index (χ4v) is 1.97. The van der Waals surface area contributed by atoms with Gasteiger partial charge in [0.25, 0.3) is 0 Å². The second-order valence-electron chi connectivity index (χ2n) is 4.36. The Kier molecular flexibility index (Phi) is 3.13. The molecule has 1 aliphatic rings. The van der Waals surface area contributed by atoms with Gasteiger partial charge in [0, 0.05) is 6.54 Å². The van der Waals surface area contributed by atoms with Gasteiger partial charge in [0.15, 0.2) is 0 Å². The summed E-state index contributed by atoms with van der Waals surface area (Å²) in [7, 11) is 0. The average molecular weight is 232 g/mol. The van der Waals surface area contributed by atoms with Crippen molar-refractivity contribution in [1.82, 2.24) is 10.2 Å². The van der Waals surface area contributed by atoms with Crippen LogP contribution in [-0.2, 0) is 16.1 Å². The van der Waals surface area contributed by atoms with Crippen molar-refractivity contribution in [2.24, 2.45) is 0 Å². The van der Waals surface area contributed by atoms with Gasteiger partial charge < -0.3 is 10.2 Å². The summed E-state index contributed by atoms with van der Waals surface area (Å²) in [6.07, 6.45) is 0. The zero-order chi connectivity index (χ0) is 12.4. The third-order valence-electron chi connectivity index (χ3n) is 3.05. The summed E-state index contributed by atoms with van der Waals surface area (Å²) in [6, 6.07) is 8.87. The lowest BCUT2D eigenvalue weighted by Crippen LogP contribution is -2.60. The average Bonchev–Trinajstić information content (AvgIpc) is 2.33. The van der Waals surface area contributed by atoms with Gasteiger partial charge >= 0.3 is 0 Å². The normalized spacial score (nSPS) is 24.7. The maximum Gasteiger partial charge on any atom is 0.245 e. The van der Waals surface area contributed by atoms with Gasteiger partial charge in [0.2, 0.25) is 11.8 Å². The number of hydrogen-bond acceptors (Lipinski definition) is 2. The zero-order valence-electron chi connectivity index (χ0n) is 10.0. The lowest BCUT2D eigenvalue weighted by atomic mass is 10.1. The topological polar surface area (TPSA) is 49.4 Å². The molecule has 4 heteroatoms. The molecule has 0 radical (unpaired) electrons. The summed E-state index contributed by atoms with van der Waals surface area (Å²) in [5.41, 5.74) is 1.04. The SMILES string of the molecule is CC1NC(=O)C(C)N(Cc2ccccc2)C1=O. The van der Waals surface area contributed by atoms with Crippen LogP contribution in [0.5, 0.6) is 0 Å². The number of rotatable bonds is 2. The number of nitrogens with one attached hydrogen (secondary N) is 1. The Bertz CT molecular complexity index is 430. The second kappa shape index (κ2) is 4.57. The lowest BCUT2D eigenvalue weighted by molar-refractivity contribution is -0.148. The third kappa shape index (κ3) is 2.30. The summed E-state index contributed by atoms with van der Waals surface area (Å²) >= 11 is 0. The van der Waals surface area contributed by atoms with Crippen molar-refractivity contribution in [3.8, 4) is 0 Å². The van der Waals surface area contributed by atoms with Gasteiger partial charge in [-0.3, -0.25) is 9.59 Å². The standard InChI is InChI=1S/C13H16N2O2/c1-9-13(17)15(10(2)12(16)14-9)8-11-6-4-3-5-7-11/h3-7,9-10H,8H2,1-2H3,(H,14,16). The highest BCUT2D eigenvalue weighted by molar-refractivity contribution is 5.96. The molecular formula is C13H16N2O2. The molecule has 1 aromatic carbocycles. The van der Waals surface area contributed by atoms with Gasteiger partial charge in [-0.1, -0.05) is 30.3 Å². The Morgan fingerprint density at radius 3 is 2.47 bits per heavy atom. The van der Waals surface area contributed by atoms with Crippen molar-refractivity contribution < 1.29 is 9.59 Å². The molecule has 1 heterocycles. The van der Waals surface area contributed by atoms with Gasteiger partial charge in [-0.05, 0) is 19.4 Å². The largest absolute Gasteiger partial charge is 0.343 e. The van der Waals surface area contributed by atoms with Crippen LogP contribution in [0.15, 0.2) is 30.3 Å². The molecule has 17 heavy (non-hydrogen) atoms. The number of nitrogens with zero attached hydrogens (tertiary/aromatic N) is 1. The molecule has 0 bridgehead atoms. The van der Waals surface area contributed by atoms with E-state index in [-0.39, 0.29) is 11.8 Å². The van der Waals surface area contributed by atoms with Crippen LogP contribution >= 0.6 is 0 Å². The van der Waals surface area contributed by atoms with Crippen molar-refractivity contribution in [3.05, 3.63) is 35.9 Å². The van der Waals surface area contributed by atoms with E-state index < -0.39 is 12.1 Å². The van der Waals surface area contributed by atoms with E-state index in [0.717, 1.165) is 5.56 Å². The fourth-order valence-electron chi connectivity index (χ4n) is 1.97. The Morgan fingerprint density at radius 1 is 1.18 bits per heavy atom. The van der Waals surface area contributed by atoms with E-state index in [0.29, 0.717) is 6.54 Å². The molecule has 1 aromatic rings. The Morgan fingerprint density at radius 2 is 1.82 bits per heavy atom. The Balaban J connectivity index is 2.18. The highest BCUT2D eigenvalue weighted by Gasteiger charge is 2.35. The van der Waals surface area contributed by atoms with Crippen molar-refractivity contribution in [2.75, 3.05) is 0 Å². The number of benzene rings is 1. The maximum absolute atomic E-state index is 12.0. The van der Waals surface area contributed by atoms with Crippen molar-refractivity contribution in [2.45, 2.75) is 32.5 Å². The van der Waals surface area contributed by atoms with Crippen LogP contribution in [0.2, 0.25) is 0 Å². The number of piperazine rings is 1. The minimum Gasteiger partial charge on any atom is -0.343 e. The van der Waals surface area contributed by atoms with E-state index in [1.165, 1.54) is 0 Å². The first-order valence-electron chi connectivity index (χ1n) is 5.74. The molecule has 2 unspecified atom stereocenters. The number of hydrogen-bond donors (Lipinski definition) is 1. The Hall–Kier alpha value is -1.84. The van der Waals surface area contributed by atoms with E-state index in [9.17, 15) is 9.59 Å². The van der Waals surface area contributed by atoms with Crippen LogP contribution in [0, 0.1) is 0 Å². The van der Waals surface area contributed by atoms with Crippen LogP contribution in [-0.4, -0.2) is 28.8 Å². The van der Waals surface area contributed by atoms with Gasteiger partial charge in [-0.2, -0.15) is 0 Å². The van der Waals surface area contributed by atoms with E-state index in [1.807, 2.05) is 30.3 Å². The fraction of sp³-hybridized carbons (Fsp3) is 0.385. The third-order valence-corrected chi connectivity index (χ3v) is 3.05. The molecule has 4 nitrogen and oxygen atoms in total. The predicted molar refractivity (Wildman–Crippen MR) is 64.1 cm³/mol. The zero-order valence-corrected chi connectivity index (χ0v) is 10.0. The summed E-state index contributed by atoms with van der Waals surface area (Å²) < 4.78 is 0. The maximum atomic E-state index is 12.0. The molecule has 1 saturated heterocycles. The number of carbonyl (C=O) groups is 2. The molecule has 2 rings (SSSR count). The first kappa shape index (κ1) is 11.6. The first-order valence-corrected chi connectivity index (χ1v) is 5.74. The molecule has 0 spiro atoms. The number of amides is 2. The van der Waals surface area contributed by atoms with Crippen LogP contribution in [0.1, 0.15) is 19.4 Å². The molecule has 2 atom stereocenters. The molecule has 0 saturated carbocycles. The molecule has 1 N–H and O–H groups in total. The smallest absolute Gasteiger partial charge is 0.245 e. The summed E-state index contributed by atoms with van der Waals surface area (Å²) in [6.45, 7) is 3.95. The molecular weight excluding hydrogens is 216 g/mol. The first-order chi connectivity index (χ1) is 8.09. The van der Waals surface area contributed by atoms with E-state index in [4.69, 9.17) is 0 Å². The Labute approximate surface area is 101 Å². The van der Waals surface area contributed by atoms with Gasteiger partial charge in [-0.25, -0.2) is 0 Å². The second-order valence-corrected chi connectivity index (χ2v) is 4.36. The van der Waals surface area contributed by atoms with E-state index >= 15 is 0 Å². The minimum absolute atomic E-state index is 0.0269. The predicted octanol–water partition coefficient (Wildman–Crippen LogP) is 0.922. The molecule has 90 valence electrons. The number of carbonyl (C=O) groups excluding carboxylic acids is 2. The van der Waals surface area contributed by atoms with Gasteiger partial charge in [-0.15, -0.1) is 0 Å². The van der Waals surface area contributed by atoms with Crippen LogP contribution in [0.3, 0.4) is 0 Å². The lowest BCUT2D eigenvalue weighted by Gasteiger charge is -2.36. The summed E-state index contributed by atoms with van der Waals surface area (Å²) in [5.74, 6) is -0.117. The summed E-state index contributed by atoms with van der Waals surface area (Å²) in [4.78, 5) is 25.3. The highest BCUT2D eigenvalue weighted by atomic mass is 16.2. The molecule has 1 fully saturated rings.